The predicted octanol–water partition coefficient (Wildman–Crippen LogP) is -2.33. The quantitative estimate of drug-likeness (QED) is 0.0554. The summed E-state index contributed by atoms with van der Waals surface area (Å²) in [5.41, 5.74) is -2.18. The van der Waals surface area contributed by atoms with Crippen molar-refractivity contribution < 1.29 is 119 Å². The molecule has 9 rings (SSSR count). The zero-order valence-corrected chi connectivity index (χ0v) is 44.6. The number of allylic oxidation sites excluding steroid dienone is 2. The highest BCUT2D eigenvalue weighted by molar-refractivity contribution is 5.79. The van der Waals surface area contributed by atoms with Crippen LogP contribution in [-0.2, 0) is 47.5 Å². The second-order valence-electron chi connectivity index (χ2n) is 25.7. The molecule has 0 aromatic carbocycles. The van der Waals surface area contributed by atoms with Crippen molar-refractivity contribution in [2.24, 2.45) is 50.2 Å². The van der Waals surface area contributed by atoms with Crippen molar-refractivity contribution in [3.05, 3.63) is 11.6 Å². The molecule has 0 aromatic heterocycles. The molecule has 0 aromatic rings. The first kappa shape index (κ1) is 59.5. The fourth-order valence-electron chi connectivity index (χ4n) is 16.2. The smallest absolute Gasteiger partial charge is 0.335 e. The molecular weight excluding hydrogens is 1020 g/mol. The summed E-state index contributed by atoms with van der Waals surface area (Å²) in [5.74, 6) is -2.65. The lowest BCUT2D eigenvalue weighted by Crippen LogP contribution is -2.68. The highest BCUT2D eigenvalue weighted by Crippen LogP contribution is 2.76. The molecule has 0 spiro atoms. The number of ether oxygens (including phenoxy) is 8. The lowest BCUT2D eigenvalue weighted by Gasteiger charge is -2.71. The van der Waals surface area contributed by atoms with E-state index in [1.54, 1.807) is 0 Å². The van der Waals surface area contributed by atoms with Crippen molar-refractivity contribution in [2.75, 3.05) is 26.4 Å². The molecule has 28 atom stereocenters. The van der Waals surface area contributed by atoms with Crippen LogP contribution in [0.25, 0.3) is 0 Å². The zero-order chi connectivity index (χ0) is 56.3. The summed E-state index contributed by atoms with van der Waals surface area (Å²) in [7, 11) is 0. The van der Waals surface area contributed by atoms with Crippen molar-refractivity contribution in [2.45, 2.75) is 229 Å². The van der Waals surface area contributed by atoms with Gasteiger partial charge in [0.15, 0.2) is 25.0 Å². The van der Waals surface area contributed by atoms with Gasteiger partial charge in [0, 0.05) is 5.41 Å². The number of hydrogen-bond donors (Lipinski definition) is 14. The van der Waals surface area contributed by atoms with Crippen molar-refractivity contribution >= 4 is 11.9 Å². The van der Waals surface area contributed by atoms with Gasteiger partial charge in [0.25, 0.3) is 0 Å². The second kappa shape index (κ2) is 21.6. The number of hydrogen-bond acceptors (Lipinski definition) is 23. The minimum atomic E-state index is -2.10. The summed E-state index contributed by atoms with van der Waals surface area (Å²) in [5, 5.41) is 150. The number of carboxylic acids is 1. The van der Waals surface area contributed by atoms with Gasteiger partial charge in [0.05, 0.1) is 37.9 Å². The number of carboxylic acid groups (broad SMARTS) is 1. The molecule has 77 heavy (non-hydrogen) atoms. The van der Waals surface area contributed by atoms with E-state index >= 15 is 0 Å². The maximum atomic E-state index is 14.8. The SMILES string of the molecule is CC1(C)CC[C@]2(C(=O)O[C@@H]3O[C@H](CO)[C@@H](O)[C@H](O)[C@H]3O)CC[C@]3(C)C(=CC[C@@H]4[C@@]5(C)CC[C@H](O[C@@H]6O[C@H](C(=O)O)[C@@H](O[C@@H]7O[C@H](CO)[C@@H](O)[C@H](O)[C@H]7O)[C@H](O)[C@H]6O[C@@H]6OC[C@@H](O)[C@H](O)[C@H]6O)[C@@](C)(CO)C5CC[C@]43C)[C@@H]2C1. The summed E-state index contributed by atoms with van der Waals surface area (Å²) in [6.07, 6.45) is -26.6. The molecule has 4 aliphatic heterocycles. The summed E-state index contributed by atoms with van der Waals surface area (Å²) < 4.78 is 47.5. The lowest BCUT2D eigenvalue weighted by molar-refractivity contribution is -0.387. The first-order chi connectivity index (χ1) is 36.1. The molecule has 24 heteroatoms. The van der Waals surface area contributed by atoms with E-state index in [0.29, 0.717) is 57.8 Å². The van der Waals surface area contributed by atoms with Crippen LogP contribution in [0.4, 0.5) is 0 Å². The number of fused-ring (bicyclic) bond motifs is 7. The third-order valence-corrected chi connectivity index (χ3v) is 21.1. The van der Waals surface area contributed by atoms with Gasteiger partial charge in [-0.25, -0.2) is 4.79 Å². The van der Waals surface area contributed by atoms with Crippen LogP contribution >= 0.6 is 0 Å². The Hall–Kier alpha value is -2.12. The highest BCUT2D eigenvalue weighted by Gasteiger charge is 2.71. The second-order valence-corrected chi connectivity index (χ2v) is 25.7. The number of aliphatic carboxylic acids is 1. The molecule has 0 amide bonds. The fraction of sp³-hybridized carbons (Fsp3) is 0.925. The number of aliphatic hydroxyl groups excluding tert-OH is 13. The van der Waals surface area contributed by atoms with E-state index in [1.165, 1.54) is 5.57 Å². The Balaban J connectivity index is 0.991. The van der Waals surface area contributed by atoms with E-state index in [9.17, 15) is 81.1 Å². The number of aliphatic hydroxyl groups is 13. The van der Waals surface area contributed by atoms with Gasteiger partial charge in [-0.2, -0.15) is 0 Å². The van der Waals surface area contributed by atoms with Gasteiger partial charge in [0.2, 0.25) is 6.29 Å². The average molecular weight is 1110 g/mol. The van der Waals surface area contributed by atoms with Gasteiger partial charge in [-0.1, -0.05) is 53.2 Å². The summed E-state index contributed by atoms with van der Waals surface area (Å²) in [6, 6.07) is 0. The average Bonchev–Trinajstić information content (AvgIpc) is 3.55. The highest BCUT2D eigenvalue weighted by atomic mass is 16.8. The third-order valence-electron chi connectivity index (χ3n) is 21.1. The molecular formula is C53H84O24. The lowest BCUT2D eigenvalue weighted by atomic mass is 9.33. The van der Waals surface area contributed by atoms with E-state index in [0.717, 1.165) is 6.42 Å². The Morgan fingerprint density at radius 3 is 1.83 bits per heavy atom. The minimum Gasteiger partial charge on any atom is -0.479 e. The van der Waals surface area contributed by atoms with Crippen LogP contribution in [0, 0.1) is 50.2 Å². The first-order valence-electron chi connectivity index (χ1n) is 27.4. The van der Waals surface area contributed by atoms with Crippen LogP contribution in [0.3, 0.4) is 0 Å². The van der Waals surface area contributed by atoms with Crippen molar-refractivity contribution in [3.8, 4) is 0 Å². The Morgan fingerprint density at radius 2 is 1.21 bits per heavy atom. The summed E-state index contributed by atoms with van der Waals surface area (Å²) >= 11 is 0. The van der Waals surface area contributed by atoms with E-state index in [4.69, 9.17) is 37.9 Å². The molecule has 4 saturated heterocycles. The molecule has 24 nitrogen and oxygen atoms in total. The van der Waals surface area contributed by atoms with Gasteiger partial charge in [-0.15, -0.1) is 0 Å². The Labute approximate surface area is 446 Å². The molecule has 440 valence electrons. The van der Waals surface area contributed by atoms with Gasteiger partial charge in [0.1, 0.15) is 85.5 Å². The Bertz CT molecular complexity index is 2160. The molecule has 14 N–H and O–H groups in total. The standard InChI is InChI=1S/C53H84O24/c1-48(2)13-15-53(47(69)77-45-37(65)34(62)32(60)26(19-55)72-45)16-14-51(5)22(23(53)17-48)7-8-28-49(3)11-10-29(50(4,21-56)27(49)9-12-52(28,51)6)73-46-40(75-43-35(63)30(58)24(57)20-70-43)38(66)39(41(76-46)42(67)68)74-44-36(64)33(61)31(59)25(18-54)71-44/h7,23-41,43-46,54-66H,8-21H2,1-6H3,(H,67,68)/t23-,24+,25+,26+,27?,28+,29-,30-,31+,32+,33-,34-,35+,36+,37+,38-,39-,40+,41-,43-,44-,45-,46+,49-,50-,51+,52+,53-/m0/s1. The molecule has 0 radical (unpaired) electrons. The molecule has 4 heterocycles. The largest absolute Gasteiger partial charge is 0.479 e. The van der Waals surface area contributed by atoms with Gasteiger partial charge in [-0.05, 0) is 104 Å². The normalized spacial score (nSPS) is 53.6. The first-order valence-corrected chi connectivity index (χ1v) is 27.4. The number of carbonyl (C=O) groups excluding carboxylic acids is 1. The predicted molar refractivity (Wildman–Crippen MR) is 259 cm³/mol. The molecule has 1 unspecified atom stereocenters. The van der Waals surface area contributed by atoms with Crippen LogP contribution in [0.2, 0.25) is 0 Å². The molecule has 5 aliphatic carbocycles. The monoisotopic (exact) mass is 1100 g/mol. The number of rotatable bonds is 12. The van der Waals surface area contributed by atoms with Crippen LogP contribution in [0.1, 0.15) is 106 Å². The maximum Gasteiger partial charge on any atom is 0.335 e. The number of carbonyl (C=O) groups is 2. The summed E-state index contributed by atoms with van der Waals surface area (Å²) in [6.45, 7) is 10.7. The van der Waals surface area contributed by atoms with Gasteiger partial charge in [-0.3, -0.25) is 4.79 Å². The fourth-order valence-corrected chi connectivity index (χ4v) is 16.2. The van der Waals surface area contributed by atoms with Crippen molar-refractivity contribution in [3.63, 3.8) is 0 Å². The molecule has 9 aliphatic rings. The maximum absolute atomic E-state index is 14.8. The van der Waals surface area contributed by atoms with Crippen molar-refractivity contribution in [1.82, 2.24) is 0 Å². The molecule has 4 saturated carbocycles. The Kier molecular flexibility index (Phi) is 16.7. The Morgan fingerprint density at radius 1 is 0.610 bits per heavy atom. The summed E-state index contributed by atoms with van der Waals surface area (Å²) in [4.78, 5) is 27.8. The van der Waals surface area contributed by atoms with E-state index in [1.807, 2.05) is 6.92 Å². The molecule has 8 fully saturated rings. The van der Waals surface area contributed by atoms with Gasteiger partial charge >= 0.3 is 11.9 Å². The van der Waals surface area contributed by atoms with Crippen LogP contribution in [0.15, 0.2) is 11.6 Å². The topological polar surface area (TPSA) is 391 Å². The van der Waals surface area contributed by atoms with Crippen molar-refractivity contribution in [1.29, 1.82) is 0 Å². The molecule has 0 bridgehead atoms. The minimum absolute atomic E-state index is 0.0479. The zero-order valence-electron chi connectivity index (χ0n) is 44.6. The van der Waals surface area contributed by atoms with Gasteiger partial charge < -0.3 is 109 Å². The van der Waals surface area contributed by atoms with Crippen LogP contribution in [-0.4, -0.2) is 233 Å². The van der Waals surface area contributed by atoms with E-state index in [-0.39, 0.29) is 28.6 Å². The van der Waals surface area contributed by atoms with Crippen LogP contribution in [0.5, 0.6) is 0 Å². The van der Waals surface area contributed by atoms with E-state index in [2.05, 4.69) is 40.7 Å². The van der Waals surface area contributed by atoms with E-state index < -0.39 is 183 Å². The number of esters is 1. The third kappa shape index (κ3) is 9.65. The van der Waals surface area contributed by atoms with Crippen LogP contribution < -0.4 is 0 Å².